The minimum absolute atomic E-state index is 0. The van der Waals surface area contributed by atoms with Gasteiger partial charge in [0.15, 0.2) is 0 Å². The van der Waals surface area contributed by atoms with Crippen LogP contribution in [0.5, 0.6) is 0 Å². The molecule has 0 aliphatic rings. The Morgan fingerprint density at radius 2 is 1.00 bits per heavy atom. The van der Waals surface area contributed by atoms with E-state index in [9.17, 15) is 14.4 Å². The number of carbonyl (C=O) groups excluding carboxylic acids is 3. The van der Waals surface area contributed by atoms with Crippen molar-refractivity contribution < 1.29 is 59.7 Å². The van der Waals surface area contributed by atoms with E-state index in [0.29, 0.717) is 19.8 Å². The summed E-state index contributed by atoms with van der Waals surface area (Å²) in [6.45, 7) is 15.9. The fraction of sp³-hybridized carbons (Fsp3) is 0.708. The van der Waals surface area contributed by atoms with Gasteiger partial charge in [0, 0.05) is 53.5 Å². The Kier molecular flexibility index (Phi) is 139. The molecule has 0 spiro atoms. The van der Waals surface area contributed by atoms with Crippen molar-refractivity contribution in [3.8, 4) is 0 Å². The summed E-state index contributed by atoms with van der Waals surface area (Å²) in [4.78, 5) is 28.5. The molecule has 8 nitrogen and oxygen atoms in total. The van der Waals surface area contributed by atoms with Crippen LogP contribution in [0, 0.1) is 0 Å². The van der Waals surface area contributed by atoms with Crippen molar-refractivity contribution in [2.75, 3.05) is 33.0 Å². The first kappa shape index (κ1) is 53.2. The Balaban J connectivity index is -0.0000000371. The molecule has 33 heavy (non-hydrogen) atoms. The average Bonchev–Trinajstić information content (AvgIpc) is 2.73. The topological polar surface area (TPSA) is 141 Å². The molecule has 0 saturated heterocycles. The zero-order valence-electron chi connectivity index (χ0n) is 22.1. The van der Waals surface area contributed by atoms with Crippen molar-refractivity contribution in [2.45, 2.75) is 81.1 Å². The monoisotopic (exact) mass is 661 g/mol. The SMILES string of the molecule is C/C=C/C=O.C/C=C/C=O.CCCCO.CCCCO.CCO.CCO.CCOC(C)=O.[Ir]. The normalized spacial score (nSPS) is 7.76. The number of hydrogen-bond acceptors (Lipinski definition) is 8. The van der Waals surface area contributed by atoms with Gasteiger partial charge in [-0.2, -0.15) is 0 Å². The third kappa shape index (κ3) is 267. The molecule has 4 N–H and O–H groups in total. The third-order valence-corrected chi connectivity index (χ3v) is 1.91. The molecule has 0 fully saturated rings. The quantitative estimate of drug-likeness (QED) is 0.184. The zero-order chi connectivity index (χ0) is 26.9. The van der Waals surface area contributed by atoms with E-state index in [1.54, 1.807) is 46.8 Å². The van der Waals surface area contributed by atoms with E-state index in [1.807, 2.05) is 0 Å². The summed E-state index contributed by atoms with van der Waals surface area (Å²) in [5.41, 5.74) is 0. The Hall–Kier alpha value is -1.22. The van der Waals surface area contributed by atoms with Crippen molar-refractivity contribution in [2.24, 2.45) is 0 Å². The van der Waals surface area contributed by atoms with Crippen LogP contribution in [0.3, 0.4) is 0 Å². The predicted octanol–water partition coefficient (Wildman–Crippen LogP) is 3.64. The minimum Gasteiger partial charge on any atom is -0.466 e. The maximum atomic E-state index is 9.82. The number of hydrogen-bond donors (Lipinski definition) is 4. The molecule has 0 rings (SSSR count). The first-order chi connectivity index (χ1) is 15.3. The number of aldehydes is 2. The van der Waals surface area contributed by atoms with E-state index in [2.05, 4.69) is 18.6 Å². The van der Waals surface area contributed by atoms with Gasteiger partial charge in [-0.05, 0) is 59.6 Å². The van der Waals surface area contributed by atoms with Gasteiger partial charge in [0.2, 0.25) is 0 Å². The van der Waals surface area contributed by atoms with Crippen molar-refractivity contribution in [1.82, 2.24) is 0 Å². The summed E-state index contributed by atoms with van der Waals surface area (Å²) in [5, 5.41) is 31.3. The molecule has 0 heterocycles. The molecule has 0 unspecified atom stereocenters. The maximum absolute atomic E-state index is 9.82. The first-order valence-electron chi connectivity index (χ1n) is 11.0. The van der Waals surface area contributed by atoms with Crippen LogP contribution in [0.4, 0.5) is 0 Å². The summed E-state index contributed by atoms with van der Waals surface area (Å²) >= 11 is 0. The van der Waals surface area contributed by atoms with E-state index in [4.69, 9.17) is 20.4 Å². The van der Waals surface area contributed by atoms with Gasteiger partial charge in [-0.15, -0.1) is 0 Å². The Morgan fingerprint density at radius 3 is 1.00 bits per heavy atom. The molecule has 9 heteroatoms. The number of aliphatic hydroxyl groups is 4. The first-order valence-corrected chi connectivity index (χ1v) is 11.0. The number of esters is 1. The molecule has 0 amide bonds. The maximum Gasteiger partial charge on any atom is 0.302 e. The number of unbranched alkanes of at least 4 members (excludes halogenated alkanes) is 2. The fourth-order valence-electron chi connectivity index (χ4n) is 0.677. The van der Waals surface area contributed by atoms with E-state index in [-0.39, 0.29) is 39.3 Å². The largest absolute Gasteiger partial charge is 0.466 e. The second-order valence-electron chi connectivity index (χ2n) is 5.04. The van der Waals surface area contributed by atoms with Gasteiger partial charge < -0.3 is 25.2 Å². The molecule has 0 aromatic carbocycles. The minimum atomic E-state index is -0.211. The van der Waals surface area contributed by atoms with Gasteiger partial charge in [0.1, 0.15) is 12.6 Å². The van der Waals surface area contributed by atoms with E-state index in [1.165, 1.54) is 19.1 Å². The van der Waals surface area contributed by atoms with Crippen LogP contribution in [-0.4, -0.2) is 72.0 Å². The standard InChI is InChI=1S/C4H8O2.2C4H10O.2C4H6O.2C2H6O.Ir/c1-3-6-4(2)5;4*1-2-3-4-5;2*1-2-3;/h3H2,1-2H3;2*5H,2-4H2,1H3;2*2-4H,1H3;2*3H,2H2,1H3;/b;;;2*3-2+;;;. The summed E-state index contributed by atoms with van der Waals surface area (Å²) in [5.74, 6) is -0.211. The second-order valence-corrected chi connectivity index (χ2v) is 5.04. The molecule has 0 saturated carbocycles. The fourth-order valence-corrected chi connectivity index (χ4v) is 0.677. The van der Waals surface area contributed by atoms with Gasteiger partial charge in [0.05, 0.1) is 6.61 Å². The molecule has 0 atom stereocenters. The smallest absolute Gasteiger partial charge is 0.302 e. The summed E-state index contributed by atoms with van der Waals surface area (Å²) in [7, 11) is 0. The molecule has 205 valence electrons. The number of rotatable bonds is 7. The number of carbonyl (C=O) groups is 3. The van der Waals surface area contributed by atoms with Crippen molar-refractivity contribution in [3.63, 3.8) is 0 Å². The molecule has 0 aromatic rings. The number of aliphatic hydroxyl groups excluding tert-OH is 4. The van der Waals surface area contributed by atoms with Crippen LogP contribution >= 0.6 is 0 Å². The summed E-state index contributed by atoms with van der Waals surface area (Å²) in [6, 6.07) is 0. The van der Waals surface area contributed by atoms with Crippen LogP contribution < -0.4 is 0 Å². The van der Waals surface area contributed by atoms with Crippen LogP contribution in [0.1, 0.15) is 81.1 Å². The van der Waals surface area contributed by atoms with Crippen LogP contribution in [0.25, 0.3) is 0 Å². The number of allylic oxidation sites excluding steroid dienone is 4. The van der Waals surface area contributed by atoms with Gasteiger partial charge in [-0.1, -0.05) is 38.8 Å². The van der Waals surface area contributed by atoms with Gasteiger partial charge in [0.25, 0.3) is 0 Å². The Bertz CT molecular complexity index is 308. The molecule has 0 aromatic heterocycles. The predicted molar refractivity (Wildman–Crippen MR) is 134 cm³/mol. The van der Waals surface area contributed by atoms with E-state index < -0.39 is 0 Å². The van der Waals surface area contributed by atoms with Crippen molar-refractivity contribution in [3.05, 3.63) is 24.3 Å². The van der Waals surface area contributed by atoms with Crippen molar-refractivity contribution in [1.29, 1.82) is 0 Å². The van der Waals surface area contributed by atoms with E-state index in [0.717, 1.165) is 38.3 Å². The van der Waals surface area contributed by atoms with Crippen LogP contribution in [0.15, 0.2) is 24.3 Å². The average molecular weight is 661 g/mol. The second kappa shape index (κ2) is 86.3. The summed E-state index contributed by atoms with van der Waals surface area (Å²) < 4.78 is 4.40. The molecule has 0 bridgehead atoms. The zero-order valence-corrected chi connectivity index (χ0v) is 24.5. The third-order valence-electron chi connectivity index (χ3n) is 1.91. The van der Waals surface area contributed by atoms with Gasteiger partial charge >= 0.3 is 5.97 Å². The Morgan fingerprint density at radius 1 is 0.727 bits per heavy atom. The molecule has 1 radical (unpaired) electrons. The van der Waals surface area contributed by atoms with Gasteiger partial charge in [-0.3, -0.25) is 14.4 Å². The summed E-state index contributed by atoms with van der Waals surface area (Å²) in [6.07, 6.45) is 11.8. The van der Waals surface area contributed by atoms with Crippen molar-refractivity contribution >= 4 is 18.5 Å². The van der Waals surface area contributed by atoms with Gasteiger partial charge in [-0.25, -0.2) is 0 Å². The molecular weight excluding hydrogens is 608 g/mol. The number of ether oxygens (including phenoxy) is 1. The molecular formula is C24H52IrO8. The van der Waals surface area contributed by atoms with Crippen LogP contribution in [0.2, 0.25) is 0 Å². The van der Waals surface area contributed by atoms with Crippen LogP contribution in [-0.2, 0) is 39.2 Å². The Labute approximate surface area is 216 Å². The molecule has 0 aliphatic heterocycles. The molecule has 0 aliphatic carbocycles. The van der Waals surface area contributed by atoms with E-state index >= 15 is 0 Å².